The van der Waals surface area contributed by atoms with Crippen molar-refractivity contribution < 1.29 is 14.3 Å². The lowest BCUT2D eigenvalue weighted by molar-refractivity contribution is 0.104. The molecule has 0 unspecified atom stereocenters. The fourth-order valence-electron chi connectivity index (χ4n) is 2.04. The lowest BCUT2D eigenvalue weighted by Gasteiger charge is -2.04. The first-order valence-electron chi connectivity index (χ1n) is 7.21. The Kier molecular flexibility index (Phi) is 5.54. The molecule has 0 saturated carbocycles. The predicted octanol–water partition coefficient (Wildman–Crippen LogP) is 3.88. The third-order valence-corrected chi connectivity index (χ3v) is 3.22. The maximum Gasteiger partial charge on any atom is 0.203 e. The SMILES string of the molecule is CCOc1ccc(C=C(C#N)C(=O)c2ccc(OC)cc2)cc1. The summed E-state index contributed by atoms with van der Waals surface area (Å²) < 4.78 is 10.4. The molecule has 0 aliphatic carbocycles. The number of carbonyl (C=O) groups is 1. The molecule has 4 heteroatoms. The van der Waals surface area contributed by atoms with Gasteiger partial charge in [-0.1, -0.05) is 12.1 Å². The first-order valence-corrected chi connectivity index (χ1v) is 7.21. The average Bonchev–Trinajstić information content (AvgIpc) is 2.61. The molecule has 2 aromatic carbocycles. The summed E-state index contributed by atoms with van der Waals surface area (Å²) in [5.41, 5.74) is 1.30. The third-order valence-electron chi connectivity index (χ3n) is 3.22. The molecule has 0 heterocycles. The maximum atomic E-state index is 12.4. The van der Waals surface area contributed by atoms with Crippen LogP contribution in [-0.4, -0.2) is 19.5 Å². The van der Waals surface area contributed by atoms with Gasteiger partial charge in [0.25, 0.3) is 0 Å². The number of methoxy groups -OCH3 is 1. The van der Waals surface area contributed by atoms with Gasteiger partial charge in [-0.15, -0.1) is 0 Å². The van der Waals surface area contributed by atoms with E-state index < -0.39 is 0 Å². The normalized spacial score (nSPS) is 10.7. The van der Waals surface area contributed by atoms with Crippen LogP contribution in [0.25, 0.3) is 6.08 Å². The highest BCUT2D eigenvalue weighted by atomic mass is 16.5. The van der Waals surface area contributed by atoms with E-state index in [1.165, 1.54) is 0 Å². The van der Waals surface area contributed by atoms with E-state index in [4.69, 9.17) is 9.47 Å². The Morgan fingerprint density at radius 3 is 2.22 bits per heavy atom. The molecule has 2 rings (SSSR count). The van der Waals surface area contributed by atoms with E-state index in [1.807, 2.05) is 37.3 Å². The van der Waals surface area contributed by atoms with E-state index >= 15 is 0 Å². The van der Waals surface area contributed by atoms with Gasteiger partial charge < -0.3 is 9.47 Å². The van der Waals surface area contributed by atoms with Gasteiger partial charge in [-0.3, -0.25) is 4.79 Å². The summed E-state index contributed by atoms with van der Waals surface area (Å²) in [6, 6.07) is 15.9. The quantitative estimate of drug-likeness (QED) is 0.461. The molecule has 23 heavy (non-hydrogen) atoms. The second kappa shape index (κ2) is 7.81. The van der Waals surface area contributed by atoms with Crippen LogP contribution in [0.4, 0.5) is 0 Å². The molecule has 0 aromatic heterocycles. The molecule has 0 amide bonds. The van der Waals surface area contributed by atoms with E-state index in [0.717, 1.165) is 11.3 Å². The predicted molar refractivity (Wildman–Crippen MR) is 88.5 cm³/mol. The summed E-state index contributed by atoms with van der Waals surface area (Å²) in [6.07, 6.45) is 1.57. The summed E-state index contributed by atoms with van der Waals surface area (Å²) >= 11 is 0. The molecule has 0 spiro atoms. The summed E-state index contributed by atoms with van der Waals surface area (Å²) in [5.74, 6) is 1.10. The Bertz CT molecular complexity index is 738. The molecular weight excluding hydrogens is 290 g/mol. The summed E-state index contributed by atoms with van der Waals surface area (Å²) in [5, 5.41) is 9.27. The van der Waals surface area contributed by atoms with Gasteiger partial charge in [0.15, 0.2) is 0 Å². The molecule has 4 nitrogen and oxygen atoms in total. The number of benzene rings is 2. The number of ether oxygens (including phenoxy) is 2. The van der Waals surface area contributed by atoms with Crippen LogP contribution in [0.5, 0.6) is 11.5 Å². The smallest absolute Gasteiger partial charge is 0.203 e. The number of rotatable bonds is 6. The number of carbonyl (C=O) groups excluding carboxylic acids is 1. The Morgan fingerprint density at radius 2 is 1.70 bits per heavy atom. The maximum absolute atomic E-state index is 12.4. The van der Waals surface area contributed by atoms with Gasteiger partial charge in [-0.25, -0.2) is 0 Å². The van der Waals surface area contributed by atoms with Crippen LogP contribution in [0, 0.1) is 11.3 Å². The minimum Gasteiger partial charge on any atom is -0.497 e. The number of hydrogen-bond acceptors (Lipinski definition) is 4. The van der Waals surface area contributed by atoms with Gasteiger partial charge in [0, 0.05) is 5.56 Å². The standard InChI is InChI=1S/C19H17NO3/c1-3-23-18-8-4-14(5-9-18)12-16(13-20)19(21)15-6-10-17(22-2)11-7-15/h4-12H,3H2,1-2H3. The van der Waals surface area contributed by atoms with Crippen molar-refractivity contribution in [2.75, 3.05) is 13.7 Å². The van der Waals surface area contributed by atoms with Crippen molar-refractivity contribution in [3.63, 3.8) is 0 Å². The molecule has 0 aliphatic heterocycles. The second-order valence-corrected chi connectivity index (χ2v) is 4.73. The van der Waals surface area contributed by atoms with Gasteiger partial charge in [0.1, 0.15) is 23.1 Å². The Morgan fingerprint density at radius 1 is 1.09 bits per heavy atom. The number of ketones is 1. The summed E-state index contributed by atoms with van der Waals surface area (Å²) in [4.78, 5) is 12.4. The fourth-order valence-corrected chi connectivity index (χ4v) is 2.04. The molecule has 0 fully saturated rings. The van der Waals surface area contributed by atoms with Gasteiger partial charge in [-0.05, 0) is 55.0 Å². The molecular formula is C19H17NO3. The van der Waals surface area contributed by atoms with E-state index in [0.29, 0.717) is 17.9 Å². The molecule has 0 radical (unpaired) electrons. The zero-order chi connectivity index (χ0) is 16.7. The molecule has 0 saturated heterocycles. The first-order chi connectivity index (χ1) is 11.2. The highest BCUT2D eigenvalue weighted by Crippen LogP contribution is 2.18. The number of allylic oxidation sites excluding steroid dienone is 1. The van der Waals surface area contributed by atoms with Crippen LogP contribution >= 0.6 is 0 Å². The van der Waals surface area contributed by atoms with Crippen LogP contribution in [0.2, 0.25) is 0 Å². The summed E-state index contributed by atoms with van der Waals surface area (Å²) in [6.45, 7) is 2.50. The zero-order valence-electron chi connectivity index (χ0n) is 13.1. The second-order valence-electron chi connectivity index (χ2n) is 4.73. The van der Waals surface area contributed by atoms with Gasteiger partial charge in [0.05, 0.1) is 13.7 Å². The van der Waals surface area contributed by atoms with Crippen LogP contribution in [0.15, 0.2) is 54.1 Å². The molecule has 0 aliphatic rings. The van der Waals surface area contributed by atoms with Gasteiger partial charge in [-0.2, -0.15) is 5.26 Å². The van der Waals surface area contributed by atoms with Crippen molar-refractivity contribution in [3.8, 4) is 17.6 Å². The minimum atomic E-state index is -0.316. The van der Waals surface area contributed by atoms with Crippen LogP contribution in [-0.2, 0) is 0 Å². The zero-order valence-corrected chi connectivity index (χ0v) is 13.1. The lowest BCUT2D eigenvalue weighted by atomic mass is 10.0. The number of nitriles is 1. The van der Waals surface area contributed by atoms with Crippen LogP contribution < -0.4 is 9.47 Å². The van der Waals surface area contributed by atoms with Crippen molar-refractivity contribution in [1.82, 2.24) is 0 Å². The molecule has 116 valence electrons. The van der Waals surface area contributed by atoms with Crippen LogP contribution in [0.3, 0.4) is 0 Å². The van der Waals surface area contributed by atoms with Crippen molar-refractivity contribution in [3.05, 3.63) is 65.2 Å². The van der Waals surface area contributed by atoms with E-state index in [2.05, 4.69) is 0 Å². The minimum absolute atomic E-state index is 0.0827. The third kappa shape index (κ3) is 4.21. The fraction of sp³-hybridized carbons (Fsp3) is 0.158. The number of Topliss-reactive ketones (excluding diaryl/α,β-unsaturated/α-hetero) is 1. The molecule has 0 N–H and O–H groups in total. The first kappa shape index (κ1) is 16.3. The number of nitrogens with zero attached hydrogens (tertiary/aromatic N) is 1. The molecule has 0 atom stereocenters. The van der Waals surface area contributed by atoms with Gasteiger partial charge >= 0.3 is 0 Å². The average molecular weight is 307 g/mol. The summed E-state index contributed by atoms with van der Waals surface area (Å²) in [7, 11) is 1.56. The van der Waals surface area contributed by atoms with Crippen LogP contribution in [0.1, 0.15) is 22.8 Å². The molecule has 0 bridgehead atoms. The monoisotopic (exact) mass is 307 g/mol. The van der Waals surface area contributed by atoms with E-state index in [1.54, 1.807) is 37.5 Å². The Balaban J connectivity index is 2.23. The lowest BCUT2D eigenvalue weighted by Crippen LogP contribution is -2.01. The van der Waals surface area contributed by atoms with E-state index in [-0.39, 0.29) is 11.4 Å². The highest BCUT2D eigenvalue weighted by molar-refractivity contribution is 6.14. The van der Waals surface area contributed by atoms with Crippen molar-refractivity contribution in [2.45, 2.75) is 6.92 Å². The Labute approximate surface area is 135 Å². The van der Waals surface area contributed by atoms with Crippen molar-refractivity contribution in [2.24, 2.45) is 0 Å². The number of hydrogen-bond donors (Lipinski definition) is 0. The van der Waals surface area contributed by atoms with Gasteiger partial charge in [0.2, 0.25) is 5.78 Å². The highest BCUT2D eigenvalue weighted by Gasteiger charge is 2.12. The van der Waals surface area contributed by atoms with E-state index in [9.17, 15) is 10.1 Å². The Hall–Kier alpha value is -3.06. The molecule has 2 aromatic rings. The van der Waals surface area contributed by atoms with Crippen molar-refractivity contribution >= 4 is 11.9 Å². The topological polar surface area (TPSA) is 59.3 Å². The van der Waals surface area contributed by atoms with Crippen molar-refractivity contribution in [1.29, 1.82) is 5.26 Å². The largest absolute Gasteiger partial charge is 0.497 e.